The third-order valence-corrected chi connectivity index (χ3v) is 4.94. The summed E-state index contributed by atoms with van der Waals surface area (Å²) in [6.07, 6.45) is 1.28. The van der Waals surface area contributed by atoms with Crippen LogP contribution in [0.15, 0.2) is 33.3 Å². The number of carbonyl (C=O) groups is 1. The van der Waals surface area contributed by atoms with Crippen LogP contribution in [0.1, 0.15) is 40.1 Å². The van der Waals surface area contributed by atoms with E-state index in [-0.39, 0.29) is 5.91 Å². The molecule has 0 atom stereocenters. The van der Waals surface area contributed by atoms with E-state index in [0.29, 0.717) is 42.9 Å². The summed E-state index contributed by atoms with van der Waals surface area (Å²) in [5.74, 6) is 2.07. The van der Waals surface area contributed by atoms with Crippen LogP contribution < -0.4 is 4.74 Å². The van der Waals surface area contributed by atoms with Gasteiger partial charge in [-0.15, -0.1) is 0 Å². The first kappa shape index (κ1) is 17.3. The van der Waals surface area contributed by atoms with E-state index in [1.807, 2.05) is 36.1 Å². The van der Waals surface area contributed by atoms with Crippen LogP contribution in [-0.2, 0) is 19.4 Å². The van der Waals surface area contributed by atoms with Gasteiger partial charge in [0.05, 0.1) is 19.3 Å². The molecule has 0 unspecified atom stereocenters. The highest BCUT2D eigenvalue weighted by Gasteiger charge is 2.31. The molecule has 0 N–H and O–H groups in total. The predicted octanol–water partition coefficient (Wildman–Crippen LogP) is 3.41. The fourth-order valence-corrected chi connectivity index (χ4v) is 3.47. The number of benzene rings is 1. The number of fused-ring (bicyclic) bond motifs is 1. The lowest BCUT2D eigenvalue weighted by molar-refractivity contribution is 0.0726. The zero-order chi connectivity index (χ0) is 19.0. The zero-order valence-corrected chi connectivity index (χ0v) is 15.6. The van der Waals surface area contributed by atoms with E-state index in [4.69, 9.17) is 13.8 Å². The molecule has 2 aromatic heterocycles. The lowest BCUT2D eigenvalue weighted by atomic mass is 10.00. The molecule has 140 valence electrons. The van der Waals surface area contributed by atoms with Crippen LogP contribution in [0.2, 0.25) is 0 Å². The minimum atomic E-state index is -0.0611. The number of aryl methyl sites for hydroxylation is 2. The van der Waals surface area contributed by atoms with E-state index in [1.54, 1.807) is 14.0 Å². The van der Waals surface area contributed by atoms with Gasteiger partial charge in [-0.3, -0.25) is 4.79 Å². The van der Waals surface area contributed by atoms with Gasteiger partial charge in [-0.05, 0) is 25.5 Å². The quantitative estimate of drug-likeness (QED) is 0.703. The van der Waals surface area contributed by atoms with E-state index in [0.717, 1.165) is 28.3 Å². The molecule has 7 heteroatoms. The van der Waals surface area contributed by atoms with Gasteiger partial charge in [0.2, 0.25) is 0 Å². The molecule has 4 rings (SSSR count). The van der Waals surface area contributed by atoms with Crippen molar-refractivity contribution in [2.24, 2.45) is 0 Å². The third-order valence-electron chi connectivity index (χ3n) is 4.94. The first-order valence-corrected chi connectivity index (χ1v) is 8.98. The molecular weight excluding hydrogens is 346 g/mol. The highest BCUT2D eigenvalue weighted by Crippen LogP contribution is 2.32. The molecule has 1 aliphatic rings. The molecule has 0 saturated carbocycles. The van der Waals surface area contributed by atoms with Crippen molar-refractivity contribution in [3.05, 3.63) is 52.6 Å². The van der Waals surface area contributed by atoms with Gasteiger partial charge in [0, 0.05) is 24.1 Å². The molecular formula is C20H21N3O4. The zero-order valence-electron chi connectivity index (χ0n) is 15.6. The molecule has 27 heavy (non-hydrogen) atoms. The van der Waals surface area contributed by atoms with Gasteiger partial charge in [0.1, 0.15) is 28.5 Å². The van der Waals surface area contributed by atoms with Crippen molar-refractivity contribution < 1.29 is 18.6 Å². The summed E-state index contributed by atoms with van der Waals surface area (Å²) in [5.41, 5.74) is 3.86. The van der Waals surface area contributed by atoms with E-state index >= 15 is 0 Å². The Morgan fingerprint density at radius 2 is 2.15 bits per heavy atom. The molecule has 0 saturated heterocycles. The number of amides is 1. The van der Waals surface area contributed by atoms with E-state index < -0.39 is 0 Å². The summed E-state index contributed by atoms with van der Waals surface area (Å²) < 4.78 is 16.1. The standard InChI is InChI=1S/C20H21N3O4/c1-4-16-18(12(2)26-21-16)20(24)23-9-8-17-15(11-23)19(22-27-17)13-6-5-7-14(10-13)25-3/h5-7,10H,4,8-9,11H2,1-3H3. The molecule has 0 spiro atoms. The summed E-state index contributed by atoms with van der Waals surface area (Å²) in [5, 5.41) is 8.25. The molecule has 0 bridgehead atoms. The smallest absolute Gasteiger partial charge is 0.259 e. The fourth-order valence-electron chi connectivity index (χ4n) is 3.47. The normalized spacial score (nSPS) is 13.5. The molecule has 0 radical (unpaired) electrons. The molecule has 0 aliphatic carbocycles. The van der Waals surface area contributed by atoms with Gasteiger partial charge in [-0.1, -0.05) is 29.4 Å². The number of rotatable bonds is 4. The van der Waals surface area contributed by atoms with Gasteiger partial charge in [-0.25, -0.2) is 0 Å². The van der Waals surface area contributed by atoms with E-state index in [1.165, 1.54) is 0 Å². The maximum atomic E-state index is 13.1. The summed E-state index contributed by atoms with van der Waals surface area (Å²) in [6, 6.07) is 7.67. The van der Waals surface area contributed by atoms with Gasteiger partial charge >= 0.3 is 0 Å². The second-order valence-electron chi connectivity index (χ2n) is 6.56. The summed E-state index contributed by atoms with van der Waals surface area (Å²) in [6.45, 7) is 4.75. The Kier molecular flexibility index (Phi) is 4.43. The van der Waals surface area contributed by atoms with Crippen LogP contribution in [0.5, 0.6) is 5.75 Å². The SMILES string of the molecule is CCc1noc(C)c1C(=O)N1CCc2onc(-c3cccc(OC)c3)c2C1. The second kappa shape index (κ2) is 6.90. The van der Waals surface area contributed by atoms with E-state index in [9.17, 15) is 4.79 Å². The topological polar surface area (TPSA) is 81.6 Å². The minimum Gasteiger partial charge on any atom is -0.497 e. The molecule has 7 nitrogen and oxygen atoms in total. The van der Waals surface area contributed by atoms with Crippen molar-refractivity contribution in [2.75, 3.05) is 13.7 Å². The second-order valence-corrected chi connectivity index (χ2v) is 6.56. The number of hydrogen-bond donors (Lipinski definition) is 0. The van der Waals surface area contributed by atoms with Crippen molar-refractivity contribution in [3.8, 4) is 17.0 Å². The lowest BCUT2D eigenvalue weighted by Crippen LogP contribution is -2.36. The van der Waals surface area contributed by atoms with Gasteiger partial charge < -0.3 is 18.7 Å². The van der Waals surface area contributed by atoms with Crippen molar-refractivity contribution >= 4 is 5.91 Å². The Hall–Kier alpha value is -3.09. The average molecular weight is 367 g/mol. The number of carbonyl (C=O) groups excluding carboxylic acids is 1. The summed E-state index contributed by atoms with van der Waals surface area (Å²) in [4.78, 5) is 14.9. The number of ether oxygens (including phenoxy) is 1. The fraction of sp³-hybridized carbons (Fsp3) is 0.350. The first-order chi connectivity index (χ1) is 13.1. The van der Waals surface area contributed by atoms with Crippen LogP contribution in [0.25, 0.3) is 11.3 Å². The number of methoxy groups -OCH3 is 1. The highest BCUT2D eigenvalue weighted by atomic mass is 16.5. The van der Waals surface area contributed by atoms with Crippen LogP contribution >= 0.6 is 0 Å². The molecule has 1 aliphatic heterocycles. The Labute approximate surface area is 156 Å². The Morgan fingerprint density at radius 3 is 2.93 bits per heavy atom. The van der Waals surface area contributed by atoms with Gasteiger partial charge in [0.25, 0.3) is 5.91 Å². The average Bonchev–Trinajstić information content (AvgIpc) is 3.30. The maximum Gasteiger partial charge on any atom is 0.259 e. The largest absolute Gasteiger partial charge is 0.497 e. The highest BCUT2D eigenvalue weighted by molar-refractivity contribution is 5.96. The molecule has 1 aromatic carbocycles. The Morgan fingerprint density at radius 1 is 1.30 bits per heavy atom. The van der Waals surface area contributed by atoms with Crippen molar-refractivity contribution in [3.63, 3.8) is 0 Å². The summed E-state index contributed by atoms with van der Waals surface area (Å²) >= 11 is 0. The van der Waals surface area contributed by atoms with Crippen molar-refractivity contribution in [1.29, 1.82) is 0 Å². The summed E-state index contributed by atoms with van der Waals surface area (Å²) in [7, 11) is 1.63. The van der Waals surface area contributed by atoms with Crippen LogP contribution in [0.3, 0.4) is 0 Å². The Balaban J connectivity index is 1.66. The minimum absolute atomic E-state index is 0.0611. The van der Waals surface area contributed by atoms with Crippen LogP contribution in [-0.4, -0.2) is 34.8 Å². The molecule has 3 aromatic rings. The lowest BCUT2D eigenvalue weighted by Gasteiger charge is -2.26. The van der Waals surface area contributed by atoms with Crippen molar-refractivity contribution in [2.45, 2.75) is 33.2 Å². The van der Waals surface area contributed by atoms with Crippen molar-refractivity contribution in [1.82, 2.24) is 15.2 Å². The third kappa shape index (κ3) is 2.99. The van der Waals surface area contributed by atoms with E-state index in [2.05, 4.69) is 10.3 Å². The first-order valence-electron chi connectivity index (χ1n) is 8.98. The monoisotopic (exact) mass is 367 g/mol. The number of nitrogens with zero attached hydrogens (tertiary/aromatic N) is 3. The van der Waals surface area contributed by atoms with Gasteiger partial charge in [0.15, 0.2) is 0 Å². The predicted molar refractivity (Wildman–Crippen MR) is 97.6 cm³/mol. The van der Waals surface area contributed by atoms with Gasteiger partial charge in [-0.2, -0.15) is 0 Å². The Bertz CT molecular complexity index is 989. The van der Waals surface area contributed by atoms with Crippen LogP contribution in [0.4, 0.5) is 0 Å². The molecule has 3 heterocycles. The molecule has 1 amide bonds. The number of aromatic nitrogens is 2. The molecule has 0 fully saturated rings. The number of hydrogen-bond acceptors (Lipinski definition) is 6. The van der Waals surface area contributed by atoms with Crippen LogP contribution in [0, 0.1) is 6.92 Å². The maximum absolute atomic E-state index is 13.1.